The summed E-state index contributed by atoms with van der Waals surface area (Å²) in [7, 11) is 0. The SMILES string of the molecule is O=C(CN1CCCCC1)Oc1ncc2ccccc2n1. The summed E-state index contributed by atoms with van der Waals surface area (Å²) in [5.74, 6) is -0.290. The molecule has 1 aliphatic rings. The van der Waals surface area contributed by atoms with Crippen LogP contribution in [0.1, 0.15) is 19.3 Å². The quantitative estimate of drug-likeness (QED) is 0.799. The zero-order valence-electron chi connectivity index (χ0n) is 11.3. The largest absolute Gasteiger partial charge is 0.390 e. The molecule has 0 atom stereocenters. The van der Waals surface area contributed by atoms with E-state index in [0.29, 0.717) is 6.54 Å². The lowest BCUT2D eigenvalue weighted by Gasteiger charge is -2.24. The van der Waals surface area contributed by atoms with Crippen LogP contribution in [0.15, 0.2) is 30.5 Å². The fourth-order valence-corrected chi connectivity index (χ4v) is 2.44. The molecule has 1 saturated heterocycles. The average Bonchev–Trinajstić information content (AvgIpc) is 2.48. The maximum Gasteiger partial charge on any atom is 0.327 e. The number of aromatic nitrogens is 2. The van der Waals surface area contributed by atoms with Crippen molar-refractivity contribution in [2.75, 3.05) is 19.6 Å². The first-order valence-corrected chi connectivity index (χ1v) is 6.96. The third-order valence-corrected chi connectivity index (χ3v) is 3.47. The van der Waals surface area contributed by atoms with Crippen LogP contribution >= 0.6 is 0 Å². The van der Waals surface area contributed by atoms with Crippen LogP contribution in [0, 0.1) is 0 Å². The molecule has 0 spiro atoms. The molecule has 1 aliphatic heterocycles. The molecule has 0 bridgehead atoms. The van der Waals surface area contributed by atoms with Crippen molar-refractivity contribution in [3.63, 3.8) is 0 Å². The van der Waals surface area contributed by atoms with Crippen molar-refractivity contribution < 1.29 is 9.53 Å². The highest BCUT2D eigenvalue weighted by Crippen LogP contribution is 2.13. The van der Waals surface area contributed by atoms with Gasteiger partial charge in [0.1, 0.15) is 0 Å². The molecular formula is C15H17N3O2. The number of nitrogens with zero attached hydrogens (tertiary/aromatic N) is 3. The third-order valence-electron chi connectivity index (χ3n) is 3.47. The number of esters is 1. The van der Waals surface area contributed by atoms with Gasteiger partial charge in [0.05, 0.1) is 12.1 Å². The number of fused-ring (bicyclic) bond motifs is 1. The Morgan fingerprint density at radius 1 is 1.20 bits per heavy atom. The maximum absolute atomic E-state index is 11.9. The smallest absolute Gasteiger partial charge is 0.327 e. The molecular weight excluding hydrogens is 254 g/mol. The molecule has 0 amide bonds. The number of carbonyl (C=O) groups is 1. The van der Waals surface area contributed by atoms with Gasteiger partial charge in [0.15, 0.2) is 0 Å². The average molecular weight is 271 g/mol. The van der Waals surface area contributed by atoms with Crippen molar-refractivity contribution in [1.82, 2.24) is 14.9 Å². The zero-order valence-corrected chi connectivity index (χ0v) is 11.3. The van der Waals surface area contributed by atoms with E-state index in [4.69, 9.17) is 4.74 Å². The van der Waals surface area contributed by atoms with Crippen LogP contribution < -0.4 is 4.74 Å². The van der Waals surface area contributed by atoms with Crippen molar-refractivity contribution in [2.24, 2.45) is 0 Å². The van der Waals surface area contributed by atoms with Gasteiger partial charge in [-0.1, -0.05) is 24.6 Å². The molecule has 0 aliphatic carbocycles. The first kappa shape index (κ1) is 13.0. The van der Waals surface area contributed by atoms with Gasteiger partial charge in [-0.15, -0.1) is 0 Å². The monoisotopic (exact) mass is 271 g/mol. The number of hydrogen-bond acceptors (Lipinski definition) is 5. The second-order valence-electron chi connectivity index (χ2n) is 5.02. The summed E-state index contributed by atoms with van der Waals surface area (Å²) >= 11 is 0. The molecule has 5 heteroatoms. The molecule has 0 saturated carbocycles. The molecule has 1 fully saturated rings. The summed E-state index contributed by atoms with van der Waals surface area (Å²) < 4.78 is 5.22. The van der Waals surface area contributed by atoms with E-state index in [1.165, 1.54) is 6.42 Å². The summed E-state index contributed by atoms with van der Waals surface area (Å²) in [6.07, 6.45) is 5.23. The number of piperidine rings is 1. The number of carbonyl (C=O) groups excluding carboxylic acids is 1. The van der Waals surface area contributed by atoms with Crippen LogP contribution in [-0.4, -0.2) is 40.5 Å². The van der Waals surface area contributed by atoms with E-state index >= 15 is 0 Å². The topological polar surface area (TPSA) is 55.3 Å². The van der Waals surface area contributed by atoms with E-state index in [-0.39, 0.29) is 12.0 Å². The van der Waals surface area contributed by atoms with Crippen LogP contribution in [-0.2, 0) is 4.79 Å². The Morgan fingerprint density at radius 3 is 2.85 bits per heavy atom. The van der Waals surface area contributed by atoms with Gasteiger partial charge < -0.3 is 4.74 Å². The van der Waals surface area contributed by atoms with Crippen molar-refractivity contribution >= 4 is 16.9 Å². The highest BCUT2D eigenvalue weighted by Gasteiger charge is 2.16. The Kier molecular flexibility index (Phi) is 3.87. The van der Waals surface area contributed by atoms with Gasteiger partial charge in [0.2, 0.25) is 0 Å². The van der Waals surface area contributed by atoms with Gasteiger partial charge in [-0.3, -0.25) is 9.69 Å². The van der Waals surface area contributed by atoms with E-state index in [9.17, 15) is 4.79 Å². The highest BCUT2D eigenvalue weighted by atomic mass is 16.5. The maximum atomic E-state index is 11.9. The van der Waals surface area contributed by atoms with Crippen LogP contribution in [0.25, 0.3) is 10.9 Å². The standard InChI is InChI=1S/C15H17N3O2/c19-14(11-18-8-4-1-5-9-18)20-15-16-10-12-6-2-3-7-13(12)17-15/h2-3,6-7,10H,1,4-5,8-9,11H2. The summed E-state index contributed by atoms with van der Waals surface area (Å²) in [5, 5.41) is 0.934. The lowest BCUT2D eigenvalue weighted by molar-refractivity contribution is -0.136. The second-order valence-corrected chi connectivity index (χ2v) is 5.02. The van der Waals surface area contributed by atoms with Crippen molar-refractivity contribution in [3.8, 4) is 6.01 Å². The van der Waals surface area contributed by atoms with E-state index < -0.39 is 0 Å². The Balaban J connectivity index is 1.64. The van der Waals surface area contributed by atoms with E-state index in [1.807, 2.05) is 24.3 Å². The highest BCUT2D eigenvalue weighted by molar-refractivity contribution is 5.78. The minimum absolute atomic E-state index is 0.130. The van der Waals surface area contributed by atoms with Crippen molar-refractivity contribution in [2.45, 2.75) is 19.3 Å². The van der Waals surface area contributed by atoms with Crippen molar-refractivity contribution in [3.05, 3.63) is 30.5 Å². The third kappa shape index (κ3) is 3.11. The van der Waals surface area contributed by atoms with Crippen LogP contribution in [0.4, 0.5) is 0 Å². The predicted molar refractivity (Wildman–Crippen MR) is 75.5 cm³/mol. The number of para-hydroxylation sites is 1. The summed E-state index contributed by atoms with van der Waals surface area (Å²) in [6.45, 7) is 2.25. The minimum Gasteiger partial charge on any atom is -0.390 e. The molecule has 2 aromatic rings. The number of likely N-dealkylation sites (tertiary alicyclic amines) is 1. The van der Waals surface area contributed by atoms with Gasteiger partial charge in [0, 0.05) is 11.6 Å². The van der Waals surface area contributed by atoms with Gasteiger partial charge in [-0.25, -0.2) is 4.98 Å². The molecule has 3 rings (SSSR count). The fourth-order valence-electron chi connectivity index (χ4n) is 2.44. The van der Waals surface area contributed by atoms with Crippen LogP contribution in [0.5, 0.6) is 6.01 Å². The Hall–Kier alpha value is -2.01. The molecule has 5 nitrogen and oxygen atoms in total. The summed E-state index contributed by atoms with van der Waals surface area (Å²) in [6, 6.07) is 7.75. The molecule has 0 N–H and O–H groups in total. The first-order valence-electron chi connectivity index (χ1n) is 6.96. The fraction of sp³-hybridized carbons (Fsp3) is 0.400. The Bertz CT molecular complexity index is 609. The van der Waals surface area contributed by atoms with Crippen LogP contribution in [0.2, 0.25) is 0 Å². The summed E-state index contributed by atoms with van der Waals surface area (Å²) in [4.78, 5) is 22.3. The molecule has 0 radical (unpaired) electrons. The number of rotatable bonds is 3. The van der Waals surface area contributed by atoms with Crippen LogP contribution in [0.3, 0.4) is 0 Å². The molecule has 2 heterocycles. The Labute approximate surface area is 117 Å². The lowest BCUT2D eigenvalue weighted by atomic mass is 10.1. The molecule has 1 aromatic heterocycles. The normalized spacial score (nSPS) is 16.2. The molecule has 0 unspecified atom stereocenters. The molecule has 104 valence electrons. The zero-order chi connectivity index (χ0) is 13.8. The van der Waals surface area contributed by atoms with E-state index in [0.717, 1.165) is 36.8 Å². The second kappa shape index (κ2) is 5.96. The lowest BCUT2D eigenvalue weighted by Crippen LogP contribution is -2.36. The predicted octanol–water partition coefficient (Wildman–Crippen LogP) is 2.02. The number of hydrogen-bond donors (Lipinski definition) is 0. The van der Waals surface area contributed by atoms with Gasteiger partial charge >= 0.3 is 12.0 Å². The van der Waals surface area contributed by atoms with E-state index in [2.05, 4.69) is 14.9 Å². The number of ether oxygens (including phenoxy) is 1. The van der Waals surface area contributed by atoms with Gasteiger partial charge in [-0.05, 0) is 32.0 Å². The van der Waals surface area contributed by atoms with E-state index in [1.54, 1.807) is 6.20 Å². The molecule has 1 aromatic carbocycles. The summed E-state index contributed by atoms with van der Waals surface area (Å²) in [5.41, 5.74) is 0.781. The minimum atomic E-state index is -0.290. The first-order chi connectivity index (χ1) is 9.81. The number of benzene rings is 1. The molecule has 20 heavy (non-hydrogen) atoms. The van der Waals surface area contributed by atoms with Crippen molar-refractivity contribution in [1.29, 1.82) is 0 Å². The Morgan fingerprint density at radius 2 is 2.00 bits per heavy atom. The van der Waals surface area contributed by atoms with Gasteiger partial charge in [0.25, 0.3) is 0 Å². The van der Waals surface area contributed by atoms with Gasteiger partial charge in [-0.2, -0.15) is 4.98 Å².